The van der Waals surface area contributed by atoms with Gasteiger partial charge in [0.15, 0.2) is 0 Å². The normalized spacial score (nSPS) is 17.9. The predicted octanol–water partition coefficient (Wildman–Crippen LogP) is 3.37. The number of rotatable bonds is 8. The highest BCUT2D eigenvalue weighted by Gasteiger charge is 2.35. The van der Waals surface area contributed by atoms with E-state index in [4.69, 9.17) is 4.74 Å². The van der Waals surface area contributed by atoms with Gasteiger partial charge in [0.25, 0.3) is 0 Å². The standard InChI is InChI=1S/C26H29FN4O3/c1-29(17-20-6-3-2-4-7-20)25(32)16-21-18-30(26(33)19-31-14-5-13-28-31)15-12-24(21)34-23-10-8-22(27)9-11-23/h2-11,13-14,21,24H,12,15-19H2,1H3/t21-,24-/m0/s1. The monoisotopic (exact) mass is 464 g/mol. The largest absolute Gasteiger partial charge is 0.490 e. The Morgan fingerprint density at radius 3 is 2.59 bits per heavy atom. The van der Waals surface area contributed by atoms with Crippen molar-refractivity contribution in [2.75, 3.05) is 20.1 Å². The minimum Gasteiger partial charge on any atom is -0.490 e. The lowest BCUT2D eigenvalue weighted by molar-refractivity contribution is -0.139. The average molecular weight is 465 g/mol. The van der Waals surface area contributed by atoms with Gasteiger partial charge in [-0.05, 0) is 35.9 Å². The van der Waals surface area contributed by atoms with Gasteiger partial charge >= 0.3 is 0 Å². The zero-order valence-electron chi connectivity index (χ0n) is 19.2. The van der Waals surface area contributed by atoms with E-state index in [0.29, 0.717) is 31.8 Å². The number of hydrogen-bond donors (Lipinski definition) is 0. The van der Waals surface area contributed by atoms with Crippen LogP contribution < -0.4 is 4.74 Å². The van der Waals surface area contributed by atoms with Crippen LogP contribution in [0.25, 0.3) is 0 Å². The number of amides is 2. The number of likely N-dealkylation sites (tertiary alicyclic amines) is 1. The molecule has 1 fully saturated rings. The highest BCUT2D eigenvalue weighted by atomic mass is 19.1. The molecule has 34 heavy (non-hydrogen) atoms. The molecule has 178 valence electrons. The van der Waals surface area contributed by atoms with Gasteiger partial charge in [-0.1, -0.05) is 30.3 Å². The highest BCUT2D eigenvalue weighted by molar-refractivity contribution is 5.77. The Morgan fingerprint density at radius 2 is 1.88 bits per heavy atom. The fourth-order valence-corrected chi connectivity index (χ4v) is 4.23. The van der Waals surface area contributed by atoms with Crippen LogP contribution >= 0.6 is 0 Å². The van der Waals surface area contributed by atoms with E-state index in [1.807, 2.05) is 30.3 Å². The van der Waals surface area contributed by atoms with E-state index in [1.54, 1.807) is 52.1 Å². The van der Waals surface area contributed by atoms with E-state index in [1.165, 1.54) is 12.1 Å². The second-order valence-electron chi connectivity index (χ2n) is 8.64. The predicted molar refractivity (Wildman–Crippen MR) is 125 cm³/mol. The molecule has 0 N–H and O–H groups in total. The summed E-state index contributed by atoms with van der Waals surface area (Å²) >= 11 is 0. The summed E-state index contributed by atoms with van der Waals surface area (Å²) in [7, 11) is 1.79. The van der Waals surface area contributed by atoms with Gasteiger partial charge in [-0.15, -0.1) is 0 Å². The molecule has 2 amide bonds. The average Bonchev–Trinajstić information content (AvgIpc) is 3.35. The lowest BCUT2D eigenvalue weighted by atomic mass is 9.90. The molecule has 1 aromatic heterocycles. The van der Waals surface area contributed by atoms with Crippen molar-refractivity contribution < 1.29 is 18.7 Å². The topological polar surface area (TPSA) is 67.7 Å². The summed E-state index contributed by atoms with van der Waals surface area (Å²) in [6.07, 6.45) is 3.97. The van der Waals surface area contributed by atoms with E-state index in [-0.39, 0.29) is 42.6 Å². The summed E-state index contributed by atoms with van der Waals surface area (Å²) in [5.74, 6) is -0.0217. The Kier molecular flexibility index (Phi) is 7.57. The number of benzene rings is 2. The van der Waals surface area contributed by atoms with Gasteiger partial charge in [-0.25, -0.2) is 4.39 Å². The van der Waals surface area contributed by atoms with Crippen LogP contribution in [0.15, 0.2) is 73.1 Å². The summed E-state index contributed by atoms with van der Waals surface area (Å²) in [5.41, 5.74) is 1.05. The summed E-state index contributed by atoms with van der Waals surface area (Å²) in [4.78, 5) is 29.4. The number of piperidine rings is 1. The molecule has 8 heteroatoms. The molecular weight excluding hydrogens is 435 g/mol. The number of carbonyl (C=O) groups is 2. The molecule has 1 saturated heterocycles. The Bertz CT molecular complexity index is 1070. The lowest BCUT2D eigenvalue weighted by Crippen LogP contribution is -2.50. The van der Waals surface area contributed by atoms with Crippen LogP contribution in [0.5, 0.6) is 5.75 Å². The molecule has 4 rings (SSSR count). The number of hydrogen-bond acceptors (Lipinski definition) is 4. The fraction of sp³-hybridized carbons (Fsp3) is 0.346. The molecular formula is C26H29FN4O3. The number of aromatic nitrogens is 2. The van der Waals surface area contributed by atoms with Crippen molar-refractivity contribution in [2.24, 2.45) is 5.92 Å². The first-order valence-electron chi connectivity index (χ1n) is 11.4. The molecule has 2 atom stereocenters. The van der Waals surface area contributed by atoms with Gasteiger partial charge in [0.2, 0.25) is 11.8 Å². The molecule has 0 aliphatic carbocycles. The van der Waals surface area contributed by atoms with Gasteiger partial charge in [-0.3, -0.25) is 14.3 Å². The number of ether oxygens (including phenoxy) is 1. The van der Waals surface area contributed by atoms with Crippen LogP contribution in [0, 0.1) is 11.7 Å². The molecule has 1 aliphatic heterocycles. The van der Waals surface area contributed by atoms with Crippen LogP contribution in [0.1, 0.15) is 18.4 Å². The molecule has 0 bridgehead atoms. The molecule has 7 nitrogen and oxygen atoms in total. The smallest absolute Gasteiger partial charge is 0.244 e. The molecule has 3 aromatic rings. The van der Waals surface area contributed by atoms with Gasteiger partial charge in [0.05, 0.1) is 0 Å². The molecule has 1 aliphatic rings. The number of nitrogens with zero attached hydrogens (tertiary/aromatic N) is 4. The van der Waals surface area contributed by atoms with E-state index in [0.717, 1.165) is 5.56 Å². The molecule has 2 aromatic carbocycles. The van der Waals surface area contributed by atoms with E-state index in [9.17, 15) is 14.0 Å². The summed E-state index contributed by atoms with van der Waals surface area (Å²) in [6, 6.07) is 17.5. The quantitative estimate of drug-likeness (QED) is 0.513. The third-order valence-electron chi connectivity index (χ3n) is 6.10. The highest BCUT2D eigenvalue weighted by Crippen LogP contribution is 2.27. The summed E-state index contributed by atoms with van der Waals surface area (Å²) < 4.78 is 21.1. The Labute approximate surface area is 198 Å². The first-order valence-corrected chi connectivity index (χ1v) is 11.4. The van der Waals surface area contributed by atoms with Gasteiger partial charge < -0.3 is 14.5 Å². The maximum Gasteiger partial charge on any atom is 0.244 e. The minimum atomic E-state index is -0.333. The second kappa shape index (κ2) is 11.0. The zero-order chi connectivity index (χ0) is 23.9. The Hall–Kier alpha value is -3.68. The maximum absolute atomic E-state index is 13.3. The van der Waals surface area contributed by atoms with Crippen molar-refractivity contribution in [1.82, 2.24) is 19.6 Å². The zero-order valence-corrected chi connectivity index (χ0v) is 19.2. The van der Waals surface area contributed by atoms with Crippen LogP contribution in [-0.4, -0.2) is 57.6 Å². The van der Waals surface area contributed by atoms with Crippen molar-refractivity contribution >= 4 is 11.8 Å². The van der Waals surface area contributed by atoms with Crippen LogP contribution in [0.4, 0.5) is 4.39 Å². The van der Waals surface area contributed by atoms with Crippen molar-refractivity contribution in [3.8, 4) is 5.75 Å². The fourth-order valence-electron chi connectivity index (χ4n) is 4.23. The number of carbonyl (C=O) groups excluding carboxylic acids is 2. The van der Waals surface area contributed by atoms with Gasteiger partial charge in [-0.2, -0.15) is 5.10 Å². The third kappa shape index (κ3) is 6.21. The first kappa shape index (κ1) is 23.5. The Morgan fingerprint density at radius 1 is 1.12 bits per heavy atom. The summed E-state index contributed by atoms with van der Waals surface area (Å²) in [6.45, 7) is 1.61. The lowest BCUT2D eigenvalue weighted by Gasteiger charge is -2.39. The van der Waals surface area contributed by atoms with E-state index < -0.39 is 0 Å². The molecule has 0 saturated carbocycles. The maximum atomic E-state index is 13.3. The third-order valence-corrected chi connectivity index (χ3v) is 6.10. The number of halogens is 1. The van der Waals surface area contributed by atoms with Crippen molar-refractivity contribution in [2.45, 2.75) is 32.0 Å². The van der Waals surface area contributed by atoms with Crippen molar-refractivity contribution in [1.29, 1.82) is 0 Å². The van der Waals surface area contributed by atoms with E-state index >= 15 is 0 Å². The first-order chi connectivity index (χ1) is 16.5. The van der Waals surface area contributed by atoms with Crippen molar-refractivity contribution in [3.63, 3.8) is 0 Å². The van der Waals surface area contributed by atoms with Gasteiger partial charge in [0.1, 0.15) is 24.2 Å². The van der Waals surface area contributed by atoms with Crippen molar-refractivity contribution in [3.05, 3.63) is 84.4 Å². The molecule has 0 radical (unpaired) electrons. The van der Waals surface area contributed by atoms with Gasteiger partial charge in [0, 0.05) is 57.8 Å². The van der Waals surface area contributed by atoms with Crippen LogP contribution in [-0.2, 0) is 22.7 Å². The Balaban J connectivity index is 1.44. The minimum absolute atomic E-state index is 0.0112. The summed E-state index contributed by atoms with van der Waals surface area (Å²) in [5, 5.41) is 4.11. The molecule has 2 heterocycles. The molecule has 0 unspecified atom stereocenters. The SMILES string of the molecule is CN(Cc1ccccc1)C(=O)C[C@H]1CN(C(=O)Cn2cccn2)CC[C@@H]1Oc1ccc(F)cc1. The molecule has 0 spiro atoms. The second-order valence-corrected chi connectivity index (χ2v) is 8.64. The van der Waals surface area contributed by atoms with E-state index in [2.05, 4.69) is 5.10 Å². The van der Waals surface area contributed by atoms with Crippen LogP contribution in [0.2, 0.25) is 0 Å². The van der Waals surface area contributed by atoms with Crippen LogP contribution in [0.3, 0.4) is 0 Å².